The Hall–Kier alpha value is -3.38. The summed E-state index contributed by atoms with van der Waals surface area (Å²) in [4.78, 5) is 22.9. The van der Waals surface area contributed by atoms with Crippen LogP contribution in [0.2, 0.25) is 0 Å². The van der Waals surface area contributed by atoms with Crippen LogP contribution in [0, 0.1) is 29.7 Å². The molecule has 0 aliphatic rings. The Labute approximate surface area is 334 Å². The van der Waals surface area contributed by atoms with Gasteiger partial charge in [-0.05, 0) is 73.4 Å². The van der Waals surface area contributed by atoms with E-state index in [0.29, 0.717) is 11.6 Å². The molecule has 0 amide bonds. The summed E-state index contributed by atoms with van der Waals surface area (Å²) in [7, 11) is 0. The van der Waals surface area contributed by atoms with Crippen LogP contribution in [-0.4, -0.2) is 20.9 Å². The molecule has 1 radical (unpaired) electrons. The molecule has 6 aromatic rings. The van der Waals surface area contributed by atoms with Gasteiger partial charge in [-0.3, -0.25) is 9.78 Å². The number of allylic oxidation sites excluding steroid dienone is 2. The van der Waals surface area contributed by atoms with Gasteiger partial charge >= 0.3 is 0 Å². The second-order valence-electron chi connectivity index (χ2n) is 16.4. The van der Waals surface area contributed by atoms with Gasteiger partial charge in [0.25, 0.3) is 0 Å². The number of aryl methyl sites for hydroxylation is 1. The maximum absolute atomic E-state index is 12.2. The van der Waals surface area contributed by atoms with Crippen molar-refractivity contribution >= 4 is 60.0 Å². The van der Waals surface area contributed by atoms with Crippen LogP contribution in [0.5, 0.6) is 0 Å². The van der Waals surface area contributed by atoms with Gasteiger partial charge < -0.3 is 9.52 Å². The van der Waals surface area contributed by atoms with Gasteiger partial charge in [0, 0.05) is 63.1 Å². The number of aliphatic hydroxyl groups is 1. The zero-order chi connectivity index (χ0) is 38.2. The third kappa shape index (κ3) is 8.48. The fourth-order valence-electron chi connectivity index (χ4n) is 6.90. The van der Waals surface area contributed by atoms with Crippen molar-refractivity contribution in [3.63, 3.8) is 0 Å². The SMILES string of the molecule is CCC(C)(CC)C(=O)/C=C(\O)C(C)(CC)CC.Cc1sc2cc3oc4ncnc(-c5[c-]c6ccccc6c(C(C)(C)C)c5)c4c3cc2c1CC(C)C.[Ir]. The molecule has 3 aromatic carbocycles. The van der Waals surface area contributed by atoms with Crippen LogP contribution < -0.4 is 0 Å². The number of fused-ring (bicyclic) bond motifs is 5. The van der Waals surface area contributed by atoms with E-state index in [0.717, 1.165) is 65.1 Å². The number of nitrogens with zero attached hydrogens (tertiary/aromatic N) is 2. The number of benzene rings is 3. The molecule has 6 rings (SSSR count). The average molecular weight is 910 g/mol. The molecule has 0 aliphatic heterocycles. The molecule has 0 spiro atoms. The van der Waals surface area contributed by atoms with Crippen LogP contribution in [0.1, 0.15) is 118 Å². The van der Waals surface area contributed by atoms with E-state index in [-0.39, 0.29) is 47.9 Å². The van der Waals surface area contributed by atoms with Gasteiger partial charge in [0.05, 0.1) is 0 Å². The van der Waals surface area contributed by atoms with Gasteiger partial charge in [0.1, 0.15) is 17.7 Å². The third-order valence-electron chi connectivity index (χ3n) is 11.4. The maximum Gasteiger partial charge on any atom is 0.223 e. The summed E-state index contributed by atoms with van der Waals surface area (Å²) in [5.74, 6) is 0.888. The monoisotopic (exact) mass is 910 g/mol. The number of carbonyl (C=O) groups is 1. The fourth-order valence-corrected chi connectivity index (χ4v) is 8.00. The Morgan fingerprint density at radius 1 is 0.906 bits per heavy atom. The molecule has 0 fully saturated rings. The quantitative estimate of drug-likeness (QED) is 0.0842. The van der Waals surface area contributed by atoms with Gasteiger partial charge in [-0.15, -0.1) is 40.5 Å². The molecule has 3 heterocycles. The minimum atomic E-state index is -0.337. The molecule has 285 valence electrons. The van der Waals surface area contributed by atoms with Crippen LogP contribution in [0.3, 0.4) is 0 Å². The number of ketones is 1. The standard InChI is InChI=1S/C31H29N2OS.C15H28O2.Ir/c1-17(2)11-22-18(3)35-27-15-26-24(14-23(22)27)28-29(32-16-33-30(28)34-26)20-12-19-9-7-8-10-21(19)25(13-20)31(4,5)6;1-7-14(5,8-2)12(16)11-13(17)15(6,9-3)10-4;/h7-10,13-17H,11H2,1-6H3;11,16H,7-10H2,1-6H3;/q-1;;/b;12-11-;. The molecule has 0 aliphatic carbocycles. The first kappa shape index (κ1) is 42.4. The molecule has 1 N–H and O–H groups in total. The van der Waals surface area contributed by atoms with E-state index in [9.17, 15) is 9.90 Å². The van der Waals surface area contributed by atoms with E-state index in [2.05, 4.69) is 95.1 Å². The minimum absolute atomic E-state index is 0. The number of carbonyl (C=O) groups excluding carboxylic acids is 1. The van der Waals surface area contributed by atoms with Crippen molar-refractivity contribution in [1.29, 1.82) is 0 Å². The van der Waals surface area contributed by atoms with Crippen molar-refractivity contribution < 1.29 is 34.4 Å². The van der Waals surface area contributed by atoms with Gasteiger partial charge in [-0.25, -0.2) is 4.98 Å². The molecular formula is C46H57IrN2O3S-. The van der Waals surface area contributed by atoms with Crippen LogP contribution >= 0.6 is 11.3 Å². The predicted molar refractivity (Wildman–Crippen MR) is 222 cm³/mol. The number of hydrogen-bond acceptors (Lipinski definition) is 6. The van der Waals surface area contributed by atoms with Gasteiger partial charge in [0.2, 0.25) is 5.71 Å². The van der Waals surface area contributed by atoms with E-state index in [1.807, 2.05) is 52.9 Å². The minimum Gasteiger partial charge on any atom is -0.512 e. The summed E-state index contributed by atoms with van der Waals surface area (Å²) in [6.45, 7) is 25.6. The molecule has 0 atom stereocenters. The van der Waals surface area contributed by atoms with Crippen molar-refractivity contribution in [2.75, 3.05) is 0 Å². The van der Waals surface area contributed by atoms with E-state index in [4.69, 9.17) is 9.40 Å². The normalized spacial score (nSPS) is 12.8. The Balaban J connectivity index is 0.000000299. The number of aliphatic hydroxyl groups excluding tert-OH is 1. The molecule has 3 aromatic heterocycles. The second-order valence-corrected chi connectivity index (χ2v) is 17.7. The third-order valence-corrected chi connectivity index (χ3v) is 12.5. The smallest absolute Gasteiger partial charge is 0.223 e. The fraction of sp³-hybridized carbons (Fsp3) is 0.457. The molecule has 0 unspecified atom stereocenters. The van der Waals surface area contributed by atoms with E-state index < -0.39 is 0 Å². The molecular weight excluding hydrogens is 853 g/mol. The zero-order valence-electron chi connectivity index (χ0n) is 33.7. The Bertz CT molecular complexity index is 2260. The summed E-state index contributed by atoms with van der Waals surface area (Å²) in [6.07, 6.45) is 7.44. The summed E-state index contributed by atoms with van der Waals surface area (Å²) in [5, 5.41) is 15.8. The molecule has 53 heavy (non-hydrogen) atoms. The van der Waals surface area contributed by atoms with E-state index in [1.54, 1.807) is 6.33 Å². The maximum atomic E-state index is 12.2. The molecule has 0 saturated carbocycles. The first-order chi connectivity index (χ1) is 24.5. The Kier molecular flexibility index (Phi) is 13.2. The number of furan rings is 1. The molecule has 5 nitrogen and oxygen atoms in total. The van der Waals surface area contributed by atoms with Crippen molar-refractivity contribution in [2.24, 2.45) is 16.7 Å². The van der Waals surface area contributed by atoms with Crippen LogP contribution in [0.4, 0.5) is 0 Å². The Morgan fingerprint density at radius 3 is 2.15 bits per heavy atom. The predicted octanol–water partition coefficient (Wildman–Crippen LogP) is 13.7. The Morgan fingerprint density at radius 2 is 1.55 bits per heavy atom. The van der Waals surface area contributed by atoms with Crippen molar-refractivity contribution in [3.8, 4) is 11.3 Å². The second kappa shape index (κ2) is 16.5. The topological polar surface area (TPSA) is 76.2 Å². The van der Waals surface area contributed by atoms with Crippen LogP contribution in [0.25, 0.3) is 54.2 Å². The zero-order valence-corrected chi connectivity index (χ0v) is 36.9. The molecule has 0 saturated heterocycles. The van der Waals surface area contributed by atoms with Gasteiger partial charge in [0.15, 0.2) is 5.78 Å². The largest absolute Gasteiger partial charge is 0.512 e. The summed E-state index contributed by atoms with van der Waals surface area (Å²) in [5.41, 5.74) is 5.47. The first-order valence-electron chi connectivity index (χ1n) is 19.0. The average Bonchev–Trinajstić information content (AvgIpc) is 3.63. The van der Waals surface area contributed by atoms with Gasteiger partial charge in [-0.1, -0.05) is 105 Å². The van der Waals surface area contributed by atoms with Gasteiger partial charge in [-0.2, -0.15) is 0 Å². The van der Waals surface area contributed by atoms with Crippen molar-refractivity contribution in [3.05, 3.63) is 82.7 Å². The van der Waals surface area contributed by atoms with Crippen molar-refractivity contribution in [2.45, 2.75) is 121 Å². The number of aromatic nitrogens is 2. The number of hydrogen-bond donors (Lipinski definition) is 1. The summed E-state index contributed by atoms with van der Waals surface area (Å²) >= 11 is 1.85. The first-order valence-corrected chi connectivity index (χ1v) is 19.8. The van der Waals surface area contributed by atoms with Crippen molar-refractivity contribution in [1.82, 2.24) is 9.97 Å². The van der Waals surface area contributed by atoms with Crippen LogP contribution in [-0.2, 0) is 36.7 Å². The molecule has 0 bridgehead atoms. The summed E-state index contributed by atoms with van der Waals surface area (Å²) in [6, 6.07) is 18.9. The van der Waals surface area contributed by atoms with Crippen LogP contribution in [0.15, 0.2) is 65.0 Å². The summed E-state index contributed by atoms with van der Waals surface area (Å²) < 4.78 is 7.55. The van der Waals surface area contributed by atoms with E-state index >= 15 is 0 Å². The molecule has 7 heteroatoms. The number of thiophene rings is 1. The van der Waals surface area contributed by atoms with E-state index in [1.165, 1.54) is 37.6 Å². The number of rotatable bonds is 10.